The molecular formula is C16H17F6N5O5S. The summed E-state index contributed by atoms with van der Waals surface area (Å²) in [5.74, 6) is 0. The molecule has 2 aromatic rings. The first-order valence-electron chi connectivity index (χ1n) is 8.93. The van der Waals surface area contributed by atoms with Crippen LogP contribution >= 0.6 is 11.3 Å². The Morgan fingerprint density at radius 3 is 2.24 bits per heavy atom. The molecule has 0 saturated carbocycles. The third kappa shape index (κ3) is 5.58. The zero-order chi connectivity index (χ0) is 25.5. The minimum Gasteiger partial charge on any atom is -0.464 e. The fourth-order valence-electron chi connectivity index (χ4n) is 2.92. The van der Waals surface area contributed by atoms with Crippen LogP contribution in [0.5, 0.6) is 0 Å². The van der Waals surface area contributed by atoms with Gasteiger partial charge in [-0.1, -0.05) is 0 Å². The highest BCUT2D eigenvalue weighted by atomic mass is 32.1. The van der Waals surface area contributed by atoms with Crippen molar-refractivity contribution in [2.45, 2.75) is 51.8 Å². The molecule has 4 N–H and O–H groups in total. The van der Waals surface area contributed by atoms with E-state index < -0.39 is 66.7 Å². The van der Waals surface area contributed by atoms with Gasteiger partial charge in [0.25, 0.3) is 5.56 Å². The lowest BCUT2D eigenvalue weighted by atomic mass is 10.2. The number of nitrogens with two attached hydrogens (primary N) is 1. The molecule has 2 heterocycles. The number of amides is 3. The average molecular weight is 505 g/mol. The number of carboxylic acid groups (broad SMARTS) is 1. The lowest BCUT2D eigenvalue weighted by Crippen LogP contribution is -2.47. The van der Waals surface area contributed by atoms with Crippen molar-refractivity contribution in [3.05, 3.63) is 31.3 Å². The number of halogens is 6. The average Bonchev–Trinajstić information content (AvgIpc) is 2.95. The van der Waals surface area contributed by atoms with Gasteiger partial charge in [0.15, 0.2) is 0 Å². The number of hydrogen-bond acceptors (Lipinski definition) is 5. The van der Waals surface area contributed by atoms with Gasteiger partial charge in [-0.25, -0.2) is 29.4 Å². The Morgan fingerprint density at radius 1 is 1.21 bits per heavy atom. The van der Waals surface area contributed by atoms with Crippen LogP contribution in [-0.4, -0.2) is 43.7 Å². The second kappa shape index (κ2) is 8.95. The number of alkyl halides is 6. The zero-order valence-corrected chi connectivity index (χ0v) is 17.7. The van der Waals surface area contributed by atoms with Gasteiger partial charge in [0.1, 0.15) is 10.9 Å². The lowest BCUT2D eigenvalue weighted by molar-refractivity contribution is -0.164. The van der Waals surface area contributed by atoms with E-state index in [9.17, 15) is 45.5 Å². The molecule has 0 radical (unpaired) electrons. The van der Waals surface area contributed by atoms with Gasteiger partial charge in [-0.15, -0.1) is 11.3 Å². The van der Waals surface area contributed by atoms with E-state index in [1.165, 1.54) is 6.92 Å². The van der Waals surface area contributed by atoms with E-state index in [0.717, 1.165) is 0 Å². The lowest BCUT2D eigenvalue weighted by Gasteiger charge is -2.20. The first-order chi connectivity index (χ1) is 15.0. The number of fused-ring (bicyclic) bond motifs is 1. The molecule has 10 nitrogen and oxygen atoms in total. The number of urea groups is 1. The van der Waals surface area contributed by atoms with E-state index in [2.05, 4.69) is 0 Å². The number of primary amides is 1. The van der Waals surface area contributed by atoms with Crippen LogP contribution in [0.15, 0.2) is 9.59 Å². The Kier molecular flexibility index (Phi) is 7.06. The minimum absolute atomic E-state index is 0.00669. The molecule has 1 atom stereocenters. The smallest absolute Gasteiger partial charge is 0.423 e. The standard InChI is InChI=1S/C16H17F6N5O5S/c1-6-8(5-26(12(23)29)24-13(30)31)33-11-9(6)10(28)27(7(2)16(20,21)22)14(32)25(11)4-3-15(17,18)19/h7,24H,3-5H2,1-2H3,(H2,23,29)(H,30,31). The Morgan fingerprint density at radius 2 is 1.79 bits per heavy atom. The number of nitrogens with zero attached hydrogens (tertiary/aromatic N) is 3. The Bertz CT molecular complexity index is 1200. The summed E-state index contributed by atoms with van der Waals surface area (Å²) in [7, 11) is 0. The van der Waals surface area contributed by atoms with E-state index in [-0.39, 0.29) is 19.8 Å². The molecule has 0 aliphatic carbocycles. The predicted octanol–water partition coefficient (Wildman–Crippen LogP) is 2.67. The molecule has 0 aliphatic rings. The SMILES string of the molecule is Cc1c(CN(NC(=O)O)C(N)=O)sc2c1c(=O)n(C(C)C(F)(F)F)c(=O)n2CCC(F)(F)F. The van der Waals surface area contributed by atoms with Crippen LogP contribution in [0, 0.1) is 6.92 Å². The van der Waals surface area contributed by atoms with Crippen LogP contribution in [0.2, 0.25) is 0 Å². The molecule has 2 rings (SSSR count). The number of aryl methyl sites for hydroxylation is 2. The van der Waals surface area contributed by atoms with Gasteiger partial charge in [-0.2, -0.15) is 26.3 Å². The summed E-state index contributed by atoms with van der Waals surface area (Å²) in [6.45, 7) is 0.0676. The molecule has 17 heteroatoms. The third-order valence-electron chi connectivity index (χ3n) is 4.62. The number of carbonyl (C=O) groups is 2. The van der Waals surface area contributed by atoms with Crippen LogP contribution in [0.4, 0.5) is 35.9 Å². The van der Waals surface area contributed by atoms with E-state index in [4.69, 9.17) is 10.8 Å². The van der Waals surface area contributed by atoms with Gasteiger partial charge < -0.3 is 10.8 Å². The summed E-state index contributed by atoms with van der Waals surface area (Å²) < 4.78 is 78.4. The highest BCUT2D eigenvalue weighted by Crippen LogP contribution is 2.32. The van der Waals surface area contributed by atoms with Crippen LogP contribution in [0.3, 0.4) is 0 Å². The number of nitrogens with one attached hydrogen (secondary N) is 1. The van der Waals surface area contributed by atoms with Gasteiger partial charge >= 0.3 is 30.2 Å². The predicted molar refractivity (Wildman–Crippen MR) is 103 cm³/mol. The van der Waals surface area contributed by atoms with E-state index in [1.54, 1.807) is 5.43 Å². The zero-order valence-electron chi connectivity index (χ0n) is 16.9. The molecule has 184 valence electrons. The van der Waals surface area contributed by atoms with Gasteiger partial charge in [0, 0.05) is 11.4 Å². The van der Waals surface area contributed by atoms with Crippen molar-refractivity contribution in [2.75, 3.05) is 0 Å². The molecule has 0 bridgehead atoms. The van der Waals surface area contributed by atoms with Crippen LogP contribution < -0.4 is 22.4 Å². The summed E-state index contributed by atoms with van der Waals surface area (Å²) in [6.07, 6.45) is -13.1. The fourth-order valence-corrected chi connectivity index (χ4v) is 4.22. The maximum atomic E-state index is 13.3. The van der Waals surface area contributed by atoms with Crippen molar-refractivity contribution in [1.82, 2.24) is 19.6 Å². The van der Waals surface area contributed by atoms with Crippen molar-refractivity contribution in [2.24, 2.45) is 5.73 Å². The summed E-state index contributed by atoms with van der Waals surface area (Å²) in [5.41, 5.74) is 3.70. The summed E-state index contributed by atoms with van der Waals surface area (Å²) in [5, 5.41) is 8.73. The normalized spacial score (nSPS) is 13.2. The van der Waals surface area contributed by atoms with Crippen LogP contribution in [0.1, 0.15) is 29.8 Å². The second-order valence-corrected chi connectivity index (χ2v) is 7.95. The molecule has 0 fully saturated rings. The Balaban J connectivity index is 2.82. The van der Waals surface area contributed by atoms with Crippen molar-refractivity contribution >= 4 is 33.7 Å². The number of hydrazine groups is 1. The topological polar surface area (TPSA) is 140 Å². The summed E-state index contributed by atoms with van der Waals surface area (Å²) >= 11 is 0.549. The first kappa shape index (κ1) is 26.0. The van der Waals surface area contributed by atoms with Gasteiger partial charge in [-0.3, -0.25) is 9.36 Å². The van der Waals surface area contributed by atoms with Crippen molar-refractivity contribution < 1.29 is 41.0 Å². The van der Waals surface area contributed by atoms with Gasteiger partial charge in [-0.05, 0) is 19.4 Å². The van der Waals surface area contributed by atoms with E-state index in [0.29, 0.717) is 27.8 Å². The molecular weight excluding hydrogens is 488 g/mol. The molecule has 33 heavy (non-hydrogen) atoms. The molecule has 2 aromatic heterocycles. The van der Waals surface area contributed by atoms with E-state index in [1.807, 2.05) is 0 Å². The van der Waals surface area contributed by atoms with Crippen molar-refractivity contribution in [3.63, 3.8) is 0 Å². The molecule has 0 aliphatic heterocycles. The Hall–Kier alpha value is -3.24. The van der Waals surface area contributed by atoms with E-state index >= 15 is 0 Å². The molecule has 3 amide bonds. The molecule has 0 saturated heterocycles. The highest BCUT2D eigenvalue weighted by molar-refractivity contribution is 7.18. The summed E-state index contributed by atoms with van der Waals surface area (Å²) in [6, 6.07) is -3.91. The largest absolute Gasteiger partial charge is 0.464 e. The second-order valence-electron chi connectivity index (χ2n) is 6.86. The first-order valence-corrected chi connectivity index (χ1v) is 9.74. The van der Waals surface area contributed by atoms with Crippen molar-refractivity contribution in [3.8, 4) is 0 Å². The number of aromatic nitrogens is 2. The molecule has 1 unspecified atom stereocenters. The molecule has 0 spiro atoms. The fraction of sp³-hybridized carbons (Fsp3) is 0.500. The number of hydrogen-bond donors (Lipinski definition) is 3. The van der Waals surface area contributed by atoms with Gasteiger partial charge in [0.2, 0.25) is 0 Å². The third-order valence-corrected chi connectivity index (χ3v) is 5.92. The molecule has 0 aromatic carbocycles. The maximum Gasteiger partial charge on any atom is 0.423 e. The highest BCUT2D eigenvalue weighted by Gasteiger charge is 2.40. The monoisotopic (exact) mass is 505 g/mol. The van der Waals surface area contributed by atoms with Crippen molar-refractivity contribution in [1.29, 1.82) is 0 Å². The van der Waals surface area contributed by atoms with Crippen LogP contribution in [0.25, 0.3) is 10.2 Å². The maximum absolute atomic E-state index is 13.3. The number of rotatable bonds is 5. The Labute approximate surface area is 183 Å². The quantitative estimate of drug-likeness (QED) is 0.424. The van der Waals surface area contributed by atoms with Crippen LogP contribution in [-0.2, 0) is 13.1 Å². The minimum atomic E-state index is -5.06. The number of carbonyl (C=O) groups excluding carboxylic acids is 1. The number of thiophene rings is 1. The van der Waals surface area contributed by atoms with Gasteiger partial charge in [0.05, 0.1) is 18.4 Å². The summed E-state index contributed by atoms with van der Waals surface area (Å²) in [4.78, 5) is 47.5.